The average molecular weight is 311 g/mol. The van der Waals surface area contributed by atoms with Gasteiger partial charge in [-0.25, -0.2) is 13.6 Å². The van der Waals surface area contributed by atoms with Gasteiger partial charge in [-0.3, -0.25) is 4.90 Å². The van der Waals surface area contributed by atoms with Crippen LogP contribution in [-0.4, -0.2) is 39.5 Å². The van der Waals surface area contributed by atoms with Gasteiger partial charge in [0.05, 0.1) is 4.90 Å². The lowest BCUT2D eigenvalue weighted by Crippen LogP contribution is -2.42. The van der Waals surface area contributed by atoms with Crippen molar-refractivity contribution in [2.45, 2.75) is 31.7 Å². The van der Waals surface area contributed by atoms with Crippen LogP contribution in [0.4, 0.5) is 0 Å². The van der Waals surface area contributed by atoms with E-state index in [2.05, 4.69) is 24.1 Å². The Labute approximate surface area is 127 Å². The number of benzene rings is 1. The minimum atomic E-state index is -3.65. The molecule has 1 aromatic carbocycles. The molecule has 2 rings (SSSR count). The molecule has 0 spiro atoms. The second-order valence-electron chi connectivity index (χ2n) is 6.11. The summed E-state index contributed by atoms with van der Waals surface area (Å²) in [6.07, 6.45) is 0.723. The van der Waals surface area contributed by atoms with Gasteiger partial charge >= 0.3 is 0 Å². The zero-order valence-electron chi connectivity index (χ0n) is 12.8. The van der Waals surface area contributed by atoms with Crippen LogP contribution < -0.4 is 10.5 Å². The van der Waals surface area contributed by atoms with Gasteiger partial charge in [0.15, 0.2) is 0 Å². The smallest absolute Gasteiger partial charge is 0.238 e. The SMILES string of the molecule is CC(C)Cc1cc(CN2CCNCC2)ccc1S(N)(=O)=O. The zero-order valence-corrected chi connectivity index (χ0v) is 13.6. The minimum absolute atomic E-state index is 0.264. The highest BCUT2D eigenvalue weighted by molar-refractivity contribution is 7.89. The van der Waals surface area contributed by atoms with Gasteiger partial charge in [-0.05, 0) is 29.5 Å². The second kappa shape index (κ2) is 6.87. The molecule has 5 nitrogen and oxygen atoms in total. The molecule has 21 heavy (non-hydrogen) atoms. The van der Waals surface area contributed by atoms with E-state index in [-0.39, 0.29) is 4.90 Å². The van der Waals surface area contributed by atoms with Crippen molar-refractivity contribution in [3.63, 3.8) is 0 Å². The lowest BCUT2D eigenvalue weighted by molar-refractivity contribution is 0.233. The predicted octanol–water partition coefficient (Wildman–Crippen LogP) is 0.938. The number of piperazine rings is 1. The molecule has 1 heterocycles. The molecule has 0 unspecified atom stereocenters. The number of primary sulfonamides is 1. The Bertz CT molecular complexity index is 579. The van der Waals surface area contributed by atoms with Gasteiger partial charge in [-0.1, -0.05) is 26.0 Å². The zero-order chi connectivity index (χ0) is 15.5. The van der Waals surface area contributed by atoms with Gasteiger partial charge in [-0.15, -0.1) is 0 Å². The third kappa shape index (κ3) is 4.78. The fourth-order valence-corrected chi connectivity index (χ4v) is 3.50. The molecule has 0 radical (unpaired) electrons. The summed E-state index contributed by atoms with van der Waals surface area (Å²) >= 11 is 0. The van der Waals surface area contributed by atoms with Crippen molar-refractivity contribution < 1.29 is 8.42 Å². The van der Waals surface area contributed by atoms with Crippen LogP contribution in [0, 0.1) is 5.92 Å². The standard InChI is InChI=1S/C15H25N3O2S/c1-12(2)9-14-10-13(3-4-15(14)21(16,19)20)11-18-7-5-17-6-8-18/h3-4,10,12,17H,5-9,11H2,1-2H3,(H2,16,19,20). The molecule has 1 saturated heterocycles. The van der Waals surface area contributed by atoms with Crippen LogP contribution in [0.2, 0.25) is 0 Å². The minimum Gasteiger partial charge on any atom is -0.314 e. The highest BCUT2D eigenvalue weighted by Crippen LogP contribution is 2.21. The number of sulfonamides is 1. The Kier molecular flexibility index (Phi) is 5.37. The summed E-state index contributed by atoms with van der Waals surface area (Å²) in [5, 5.41) is 8.65. The molecular weight excluding hydrogens is 286 g/mol. The number of hydrogen-bond acceptors (Lipinski definition) is 4. The molecule has 1 aliphatic rings. The van der Waals surface area contributed by atoms with E-state index in [0.29, 0.717) is 5.92 Å². The van der Waals surface area contributed by atoms with E-state index in [1.807, 2.05) is 12.1 Å². The van der Waals surface area contributed by atoms with E-state index in [9.17, 15) is 8.42 Å². The van der Waals surface area contributed by atoms with Crippen LogP contribution in [-0.2, 0) is 23.0 Å². The topological polar surface area (TPSA) is 75.4 Å². The molecule has 1 aromatic rings. The van der Waals surface area contributed by atoms with Crippen molar-refractivity contribution in [2.24, 2.45) is 11.1 Å². The molecule has 3 N–H and O–H groups in total. The normalized spacial score (nSPS) is 17.3. The highest BCUT2D eigenvalue weighted by Gasteiger charge is 2.17. The molecule has 0 atom stereocenters. The second-order valence-corrected chi connectivity index (χ2v) is 7.64. The fraction of sp³-hybridized carbons (Fsp3) is 0.600. The molecule has 6 heteroatoms. The van der Waals surface area contributed by atoms with Crippen LogP contribution in [0.3, 0.4) is 0 Å². The van der Waals surface area contributed by atoms with Gasteiger partial charge in [0.2, 0.25) is 10.0 Å². The maximum absolute atomic E-state index is 11.7. The number of nitrogens with two attached hydrogens (primary N) is 1. The van der Waals surface area contributed by atoms with Crippen molar-refractivity contribution >= 4 is 10.0 Å². The molecule has 1 aliphatic heterocycles. The van der Waals surface area contributed by atoms with E-state index >= 15 is 0 Å². The first kappa shape index (κ1) is 16.4. The van der Waals surface area contributed by atoms with E-state index < -0.39 is 10.0 Å². The van der Waals surface area contributed by atoms with E-state index in [1.165, 1.54) is 0 Å². The van der Waals surface area contributed by atoms with Crippen molar-refractivity contribution in [3.8, 4) is 0 Å². The maximum atomic E-state index is 11.7. The van der Waals surface area contributed by atoms with E-state index in [0.717, 1.165) is 50.3 Å². The van der Waals surface area contributed by atoms with Crippen LogP contribution in [0.25, 0.3) is 0 Å². The molecule has 118 valence electrons. The van der Waals surface area contributed by atoms with E-state index in [4.69, 9.17) is 5.14 Å². The van der Waals surface area contributed by atoms with Gasteiger partial charge in [0.25, 0.3) is 0 Å². The molecule has 0 amide bonds. The first-order valence-corrected chi connectivity index (χ1v) is 8.98. The molecule has 0 saturated carbocycles. The van der Waals surface area contributed by atoms with Crippen LogP contribution in [0.1, 0.15) is 25.0 Å². The predicted molar refractivity (Wildman–Crippen MR) is 84.5 cm³/mol. The largest absolute Gasteiger partial charge is 0.314 e. The van der Waals surface area contributed by atoms with Crippen LogP contribution in [0.15, 0.2) is 23.1 Å². The number of hydrogen-bond donors (Lipinski definition) is 2. The van der Waals surface area contributed by atoms with Crippen molar-refractivity contribution in [2.75, 3.05) is 26.2 Å². The molecule has 1 fully saturated rings. The number of nitrogens with zero attached hydrogens (tertiary/aromatic N) is 1. The van der Waals surface area contributed by atoms with Gasteiger partial charge in [-0.2, -0.15) is 0 Å². The maximum Gasteiger partial charge on any atom is 0.238 e. The quantitative estimate of drug-likeness (QED) is 0.848. The molecule has 0 aromatic heterocycles. The summed E-state index contributed by atoms with van der Waals surface area (Å²) in [5.74, 6) is 0.389. The number of nitrogens with one attached hydrogen (secondary N) is 1. The van der Waals surface area contributed by atoms with Crippen molar-refractivity contribution in [3.05, 3.63) is 29.3 Å². The van der Waals surface area contributed by atoms with Crippen molar-refractivity contribution in [1.29, 1.82) is 0 Å². The molecule has 0 aliphatic carbocycles. The van der Waals surface area contributed by atoms with Gasteiger partial charge in [0, 0.05) is 32.7 Å². The molecular formula is C15H25N3O2S. The Hall–Kier alpha value is -0.950. The number of rotatable bonds is 5. The summed E-state index contributed by atoms with van der Waals surface area (Å²) < 4.78 is 23.4. The summed E-state index contributed by atoms with van der Waals surface area (Å²) in [7, 11) is -3.65. The van der Waals surface area contributed by atoms with Gasteiger partial charge < -0.3 is 5.32 Å². The van der Waals surface area contributed by atoms with E-state index in [1.54, 1.807) is 6.07 Å². The summed E-state index contributed by atoms with van der Waals surface area (Å²) in [5.41, 5.74) is 1.99. The Morgan fingerprint density at radius 2 is 1.95 bits per heavy atom. The highest BCUT2D eigenvalue weighted by atomic mass is 32.2. The first-order chi connectivity index (χ1) is 9.86. The van der Waals surface area contributed by atoms with Gasteiger partial charge in [0.1, 0.15) is 0 Å². The Balaban J connectivity index is 2.23. The Morgan fingerprint density at radius 3 is 2.52 bits per heavy atom. The summed E-state index contributed by atoms with van der Waals surface area (Å²) in [6, 6.07) is 5.54. The lowest BCUT2D eigenvalue weighted by Gasteiger charge is -2.27. The fourth-order valence-electron chi connectivity index (χ4n) is 2.74. The monoisotopic (exact) mass is 311 g/mol. The third-order valence-corrected chi connectivity index (χ3v) is 4.69. The first-order valence-electron chi connectivity index (χ1n) is 7.44. The molecule has 0 bridgehead atoms. The summed E-state index contributed by atoms with van der Waals surface area (Å²) in [4.78, 5) is 2.64. The Morgan fingerprint density at radius 1 is 1.29 bits per heavy atom. The van der Waals surface area contributed by atoms with Crippen LogP contribution in [0.5, 0.6) is 0 Å². The van der Waals surface area contributed by atoms with Crippen LogP contribution >= 0.6 is 0 Å². The lowest BCUT2D eigenvalue weighted by atomic mass is 10.0. The third-order valence-electron chi connectivity index (χ3n) is 3.68. The summed E-state index contributed by atoms with van der Waals surface area (Å²) in [6.45, 7) is 9.08. The van der Waals surface area contributed by atoms with Crippen molar-refractivity contribution in [1.82, 2.24) is 10.2 Å². The average Bonchev–Trinajstić information content (AvgIpc) is 2.38.